The second-order valence-electron chi connectivity index (χ2n) is 5.57. The molecule has 25 heavy (non-hydrogen) atoms. The fraction of sp³-hybridized carbons (Fsp3) is 0.150. The number of rotatable bonds is 6. The largest absolute Gasteiger partial charge is 0.497 e. The molecule has 0 aromatic heterocycles. The Bertz CT molecular complexity index is 878. The molecular formula is C20H18BrNO3. The number of hydrogen-bond donors (Lipinski definition) is 1. The van der Waals surface area contributed by atoms with Gasteiger partial charge in [-0.05, 0) is 58.8 Å². The van der Waals surface area contributed by atoms with E-state index in [0.29, 0.717) is 12.3 Å². The zero-order chi connectivity index (χ0) is 17.6. The molecule has 0 saturated heterocycles. The number of benzene rings is 3. The monoisotopic (exact) mass is 399 g/mol. The SMILES string of the molecule is COc1ccc2cc(CNC(=O)COc3ccc(Br)cc3)ccc2c1. The normalized spacial score (nSPS) is 10.5. The minimum atomic E-state index is -0.155. The molecule has 3 aromatic carbocycles. The summed E-state index contributed by atoms with van der Waals surface area (Å²) >= 11 is 3.36. The molecule has 128 valence electrons. The Labute approximate surface area is 154 Å². The molecule has 0 bridgehead atoms. The van der Waals surface area contributed by atoms with E-state index in [1.807, 2.05) is 54.6 Å². The second-order valence-corrected chi connectivity index (χ2v) is 6.48. The molecule has 0 atom stereocenters. The molecule has 4 nitrogen and oxygen atoms in total. The van der Waals surface area contributed by atoms with Crippen LogP contribution >= 0.6 is 15.9 Å². The highest BCUT2D eigenvalue weighted by molar-refractivity contribution is 9.10. The maximum absolute atomic E-state index is 11.9. The number of hydrogen-bond acceptors (Lipinski definition) is 3. The molecule has 3 rings (SSSR count). The number of fused-ring (bicyclic) bond motifs is 1. The molecule has 0 aliphatic heterocycles. The molecule has 0 fully saturated rings. The van der Waals surface area contributed by atoms with Gasteiger partial charge in [-0.1, -0.05) is 34.1 Å². The Morgan fingerprint density at radius 1 is 0.960 bits per heavy atom. The highest BCUT2D eigenvalue weighted by Gasteiger charge is 2.04. The number of amides is 1. The van der Waals surface area contributed by atoms with Gasteiger partial charge in [-0.25, -0.2) is 0 Å². The van der Waals surface area contributed by atoms with E-state index in [1.54, 1.807) is 7.11 Å². The molecule has 0 aliphatic carbocycles. The van der Waals surface area contributed by atoms with Crippen LogP contribution in [0, 0.1) is 0 Å². The van der Waals surface area contributed by atoms with Crippen LogP contribution in [0.25, 0.3) is 10.8 Å². The summed E-state index contributed by atoms with van der Waals surface area (Å²) < 4.78 is 11.7. The fourth-order valence-electron chi connectivity index (χ4n) is 2.44. The maximum atomic E-state index is 11.9. The lowest BCUT2D eigenvalue weighted by atomic mass is 10.1. The summed E-state index contributed by atoms with van der Waals surface area (Å²) in [4.78, 5) is 11.9. The molecule has 0 heterocycles. The van der Waals surface area contributed by atoms with Crippen LogP contribution in [-0.2, 0) is 11.3 Å². The lowest BCUT2D eigenvalue weighted by Crippen LogP contribution is -2.28. The summed E-state index contributed by atoms with van der Waals surface area (Å²) in [6.45, 7) is 0.455. The fourth-order valence-corrected chi connectivity index (χ4v) is 2.71. The van der Waals surface area contributed by atoms with E-state index in [-0.39, 0.29) is 12.5 Å². The lowest BCUT2D eigenvalue weighted by molar-refractivity contribution is -0.123. The number of halogens is 1. The lowest BCUT2D eigenvalue weighted by Gasteiger charge is -2.09. The molecule has 1 N–H and O–H groups in total. The quantitative estimate of drug-likeness (QED) is 0.671. The van der Waals surface area contributed by atoms with Gasteiger partial charge in [0, 0.05) is 11.0 Å². The summed E-state index contributed by atoms with van der Waals surface area (Å²) in [5, 5.41) is 5.08. The molecule has 3 aromatic rings. The van der Waals surface area contributed by atoms with Gasteiger partial charge in [0.25, 0.3) is 5.91 Å². The number of carbonyl (C=O) groups is 1. The van der Waals surface area contributed by atoms with Crippen LogP contribution in [0.1, 0.15) is 5.56 Å². The van der Waals surface area contributed by atoms with Gasteiger partial charge in [0.05, 0.1) is 7.11 Å². The van der Waals surface area contributed by atoms with Crippen LogP contribution in [0.2, 0.25) is 0 Å². The zero-order valence-electron chi connectivity index (χ0n) is 13.8. The first kappa shape index (κ1) is 17.3. The van der Waals surface area contributed by atoms with Gasteiger partial charge < -0.3 is 14.8 Å². The number of ether oxygens (including phenoxy) is 2. The topological polar surface area (TPSA) is 47.6 Å². The van der Waals surface area contributed by atoms with Crippen molar-refractivity contribution in [2.45, 2.75) is 6.54 Å². The molecule has 0 unspecified atom stereocenters. The van der Waals surface area contributed by atoms with E-state index in [1.165, 1.54) is 0 Å². The Hall–Kier alpha value is -2.53. The highest BCUT2D eigenvalue weighted by Crippen LogP contribution is 2.22. The van der Waals surface area contributed by atoms with E-state index >= 15 is 0 Å². The van der Waals surface area contributed by atoms with E-state index in [0.717, 1.165) is 26.6 Å². The molecular weight excluding hydrogens is 382 g/mol. The molecule has 0 saturated carbocycles. The summed E-state index contributed by atoms with van der Waals surface area (Å²) in [6.07, 6.45) is 0. The molecule has 5 heteroatoms. The molecule has 0 aliphatic rings. The Balaban J connectivity index is 1.54. The molecule has 0 radical (unpaired) electrons. The van der Waals surface area contributed by atoms with Gasteiger partial charge in [-0.2, -0.15) is 0 Å². The third-order valence-electron chi connectivity index (χ3n) is 3.79. The van der Waals surface area contributed by atoms with Crippen LogP contribution < -0.4 is 14.8 Å². The van der Waals surface area contributed by atoms with Crippen LogP contribution in [-0.4, -0.2) is 19.6 Å². The first-order valence-electron chi connectivity index (χ1n) is 7.86. The van der Waals surface area contributed by atoms with Crippen LogP contribution in [0.3, 0.4) is 0 Å². The third-order valence-corrected chi connectivity index (χ3v) is 4.31. The molecule has 0 spiro atoms. The van der Waals surface area contributed by atoms with Crippen LogP contribution in [0.5, 0.6) is 11.5 Å². The minimum Gasteiger partial charge on any atom is -0.497 e. The van der Waals surface area contributed by atoms with Gasteiger partial charge in [0.15, 0.2) is 6.61 Å². The van der Waals surface area contributed by atoms with Crippen molar-refractivity contribution in [3.63, 3.8) is 0 Å². The second kappa shape index (κ2) is 8.03. The average molecular weight is 400 g/mol. The van der Waals surface area contributed by atoms with Crippen molar-refractivity contribution in [3.05, 3.63) is 70.7 Å². The average Bonchev–Trinajstić information content (AvgIpc) is 2.65. The van der Waals surface area contributed by atoms with E-state index in [2.05, 4.69) is 27.3 Å². The third kappa shape index (κ3) is 4.73. The van der Waals surface area contributed by atoms with Crippen molar-refractivity contribution in [1.29, 1.82) is 0 Å². The standard InChI is InChI=1S/C20H18BrNO3/c1-24-19-7-4-15-10-14(2-3-16(15)11-19)12-22-20(23)13-25-18-8-5-17(21)6-9-18/h2-11H,12-13H2,1H3,(H,22,23). The smallest absolute Gasteiger partial charge is 0.258 e. The van der Waals surface area contributed by atoms with Crippen molar-refractivity contribution in [2.75, 3.05) is 13.7 Å². The number of methoxy groups -OCH3 is 1. The first-order chi connectivity index (χ1) is 12.1. The van der Waals surface area contributed by atoms with Crippen LogP contribution in [0.15, 0.2) is 65.1 Å². The van der Waals surface area contributed by atoms with E-state index < -0.39 is 0 Å². The van der Waals surface area contributed by atoms with Gasteiger partial charge in [0.1, 0.15) is 11.5 Å². The van der Waals surface area contributed by atoms with Crippen molar-refractivity contribution < 1.29 is 14.3 Å². The number of carbonyl (C=O) groups excluding carboxylic acids is 1. The van der Waals surface area contributed by atoms with Gasteiger partial charge in [-0.15, -0.1) is 0 Å². The summed E-state index contributed by atoms with van der Waals surface area (Å²) in [5.41, 5.74) is 1.04. The Morgan fingerprint density at radius 3 is 2.40 bits per heavy atom. The summed E-state index contributed by atoms with van der Waals surface area (Å²) in [6, 6.07) is 19.4. The van der Waals surface area contributed by atoms with E-state index in [4.69, 9.17) is 9.47 Å². The van der Waals surface area contributed by atoms with E-state index in [9.17, 15) is 4.79 Å². The van der Waals surface area contributed by atoms with Crippen molar-refractivity contribution in [2.24, 2.45) is 0 Å². The van der Waals surface area contributed by atoms with Gasteiger partial charge in [0.2, 0.25) is 0 Å². The van der Waals surface area contributed by atoms with Crippen molar-refractivity contribution in [1.82, 2.24) is 5.32 Å². The predicted octanol–water partition coefficient (Wildman–Crippen LogP) is 4.31. The van der Waals surface area contributed by atoms with Gasteiger partial charge >= 0.3 is 0 Å². The van der Waals surface area contributed by atoms with Crippen molar-refractivity contribution in [3.8, 4) is 11.5 Å². The summed E-state index contributed by atoms with van der Waals surface area (Å²) in [7, 11) is 1.65. The Kier molecular flexibility index (Phi) is 5.56. The predicted molar refractivity (Wildman–Crippen MR) is 102 cm³/mol. The van der Waals surface area contributed by atoms with Crippen molar-refractivity contribution >= 4 is 32.6 Å². The Morgan fingerprint density at radius 2 is 1.64 bits per heavy atom. The maximum Gasteiger partial charge on any atom is 0.258 e. The molecule has 1 amide bonds. The minimum absolute atomic E-state index is 0.00753. The zero-order valence-corrected chi connectivity index (χ0v) is 15.4. The van der Waals surface area contributed by atoms with Crippen LogP contribution in [0.4, 0.5) is 0 Å². The highest BCUT2D eigenvalue weighted by atomic mass is 79.9. The van der Waals surface area contributed by atoms with Gasteiger partial charge in [-0.3, -0.25) is 4.79 Å². The number of nitrogens with one attached hydrogen (secondary N) is 1. The summed E-state index contributed by atoms with van der Waals surface area (Å²) in [5.74, 6) is 1.34. The first-order valence-corrected chi connectivity index (χ1v) is 8.65.